The number of nitrogens with zero attached hydrogens (tertiary/aromatic N) is 2. The van der Waals surface area contributed by atoms with E-state index in [1.165, 1.54) is 6.20 Å². The van der Waals surface area contributed by atoms with Gasteiger partial charge in [-0.2, -0.15) is 0 Å². The molecule has 0 radical (unpaired) electrons. The van der Waals surface area contributed by atoms with E-state index in [1.807, 2.05) is 0 Å². The maximum Gasteiger partial charge on any atom is 0.317 e. The molecule has 0 saturated heterocycles. The van der Waals surface area contributed by atoms with Crippen LogP contribution in [0, 0.1) is 0 Å². The van der Waals surface area contributed by atoms with E-state index in [-0.39, 0.29) is 11.9 Å². The number of nitrogens with two attached hydrogens (primary N) is 1. The van der Waals surface area contributed by atoms with Gasteiger partial charge in [0.15, 0.2) is 0 Å². The van der Waals surface area contributed by atoms with Crippen LogP contribution in [0.1, 0.15) is 26.5 Å². The Morgan fingerprint density at radius 1 is 1.60 bits per heavy atom. The van der Waals surface area contributed by atoms with Crippen molar-refractivity contribution in [1.29, 1.82) is 0 Å². The van der Waals surface area contributed by atoms with Crippen LogP contribution < -0.4 is 5.73 Å². The van der Waals surface area contributed by atoms with Crippen molar-refractivity contribution in [3.63, 3.8) is 0 Å². The molecule has 0 aliphatic heterocycles. The van der Waals surface area contributed by atoms with E-state index < -0.39 is 5.41 Å². The molecular weight excluding hydrogens is 194 g/mol. The van der Waals surface area contributed by atoms with Crippen LogP contribution in [0.5, 0.6) is 0 Å². The Balaban J connectivity index is 2.99. The summed E-state index contributed by atoms with van der Waals surface area (Å²) in [4.78, 5) is 19.4. The van der Waals surface area contributed by atoms with Crippen molar-refractivity contribution >= 4 is 11.9 Å². The third-order valence-corrected chi connectivity index (χ3v) is 2.10. The van der Waals surface area contributed by atoms with Crippen LogP contribution in [0.3, 0.4) is 0 Å². The summed E-state index contributed by atoms with van der Waals surface area (Å²) in [6, 6.07) is 1.66. The first-order valence-corrected chi connectivity index (χ1v) is 4.74. The number of esters is 1. The molecule has 1 aromatic rings. The van der Waals surface area contributed by atoms with Crippen LogP contribution >= 0.6 is 0 Å². The maximum atomic E-state index is 11.7. The summed E-state index contributed by atoms with van der Waals surface area (Å²) >= 11 is 0. The van der Waals surface area contributed by atoms with Crippen molar-refractivity contribution in [1.82, 2.24) is 9.97 Å². The maximum absolute atomic E-state index is 11.7. The second-order valence-electron chi connectivity index (χ2n) is 3.65. The SMILES string of the molecule is CCOC(=O)C(C)(C)c1ccnc(N)n1. The van der Waals surface area contributed by atoms with Crippen molar-refractivity contribution in [2.45, 2.75) is 26.2 Å². The Bertz CT molecular complexity index is 363. The van der Waals surface area contributed by atoms with Crippen molar-refractivity contribution in [3.8, 4) is 0 Å². The number of anilines is 1. The first-order chi connectivity index (χ1) is 6.98. The highest BCUT2D eigenvalue weighted by Gasteiger charge is 2.33. The van der Waals surface area contributed by atoms with Crippen molar-refractivity contribution < 1.29 is 9.53 Å². The first kappa shape index (κ1) is 11.4. The molecule has 0 spiro atoms. The molecule has 0 saturated carbocycles. The predicted molar refractivity (Wildman–Crippen MR) is 56.1 cm³/mol. The van der Waals surface area contributed by atoms with E-state index in [0.717, 1.165) is 0 Å². The summed E-state index contributed by atoms with van der Waals surface area (Å²) in [6.45, 7) is 5.60. The number of hydrogen-bond acceptors (Lipinski definition) is 5. The van der Waals surface area contributed by atoms with Crippen LogP contribution in [0.25, 0.3) is 0 Å². The van der Waals surface area contributed by atoms with Gasteiger partial charge in [-0.1, -0.05) is 0 Å². The lowest BCUT2D eigenvalue weighted by Gasteiger charge is -2.21. The summed E-state index contributed by atoms with van der Waals surface area (Å²) in [5.74, 6) is -0.159. The van der Waals surface area contributed by atoms with Crippen LogP contribution in [-0.4, -0.2) is 22.5 Å². The smallest absolute Gasteiger partial charge is 0.317 e. The molecule has 5 heteroatoms. The van der Waals surface area contributed by atoms with Crippen LogP contribution in [0.4, 0.5) is 5.95 Å². The number of ether oxygens (including phenoxy) is 1. The van der Waals surface area contributed by atoms with Crippen molar-refractivity contribution in [3.05, 3.63) is 18.0 Å². The van der Waals surface area contributed by atoms with Crippen LogP contribution in [0.15, 0.2) is 12.3 Å². The van der Waals surface area contributed by atoms with Gasteiger partial charge < -0.3 is 10.5 Å². The zero-order valence-electron chi connectivity index (χ0n) is 9.15. The van der Waals surface area contributed by atoms with E-state index in [4.69, 9.17) is 10.5 Å². The molecule has 2 N–H and O–H groups in total. The highest BCUT2D eigenvalue weighted by atomic mass is 16.5. The average molecular weight is 209 g/mol. The fourth-order valence-electron chi connectivity index (χ4n) is 1.14. The predicted octanol–water partition coefficient (Wildman–Crippen LogP) is 0.899. The summed E-state index contributed by atoms with van der Waals surface area (Å²) in [6.07, 6.45) is 1.53. The monoisotopic (exact) mass is 209 g/mol. The summed E-state index contributed by atoms with van der Waals surface area (Å²) in [5, 5.41) is 0. The minimum atomic E-state index is -0.799. The van der Waals surface area contributed by atoms with Gasteiger partial charge in [-0.05, 0) is 26.8 Å². The molecule has 0 fully saturated rings. The molecule has 0 atom stereocenters. The third kappa shape index (κ3) is 2.43. The number of nitrogen functional groups attached to an aromatic ring is 1. The van der Waals surface area contributed by atoms with E-state index in [9.17, 15) is 4.79 Å². The van der Waals surface area contributed by atoms with Crippen LogP contribution in [0.2, 0.25) is 0 Å². The van der Waals surface area contributed by atoms with E-state index in [0.29, 0.717) is 12.3 Å². The molecule has 1 rings (SSSR count). The Labute approximate surface area is 88.7 Å². The Morgan fingerprint density at radius 2 is 2.27 bits per heavy atom. The van der Waals surface area contributed by atoms with Crippen LogP contribution in [-0.2, 0) is 14.9 Å². The second kappa shape index (κ2) is 4.25. The molecule has 0 aliphatic carbocycles. The minimum Gasteiger partial charge on any atom is -0.465 e. The standard InChI is InChI=1S/C10H15N3O2/c1-4-15-8(14)10(2,3)7-5-6-12-9(11)13-7/h5-6H,4H2,1-3H3,(H2,11,12,13). The molecule has 1 aromatic heterocycles. The van der Waals surface area contributed by atoms with Gasteiger partial charge in [-0.15, -0.1) is 0 Å². The molecule has 1 heterocycles. The number of hydrogen-bond donors (Lipinski definition) is 1. The molecule has 0 aliphatic rings. The Hall–Kier alpha value is -1.65. The number of carbonyl (C=O) groups is 1. The minimum absolute atomic E-state index is 0.157. The molecule has 15 heavy (non-hydrogen) atoms. The quantitative estimate of drug-likeness (QED) is 0.748. The number of rotatable bonds is 3. The fourth-order valence-corrected chi connectivity index (χ4v) is 1.14. The Kier molecular flexibility index (Phi) is 3.24. The first-order valence-electron chi connectivity index (χ1n) is 4.74. The second-order valence-corrected chi connectivity index (χ2v) is 3.65. The van der Waals surface area contributed by atoms with Crippen molar-refractivity contribution in [2.24, 2.45) is 0 Å². The third-order valence-electron chi connectivity index (χ3n) is 2.10. The topological polar surface area (TPSA) is 78.1 Å². The largest absolute Gasteiger partial charge is 0.465 e. The lowest BCUT2D eigenvalue weighted by atomic mass is 9.89. The molecule has 0 amide bonds. The highest BCUT2D eigenvalue weighted by molar-refractivity contribution is 5.81. The molecule has 0 bridgehead atoms. The molecule has 0 unspecified atom stereocenters. The van der Waals surface area contributed by atoms with Gasteiger partial charge in [0.05, 0.1) is 12.3 Å². The van der Waals surface area contributed by atoms with Gasteiger partial charge >= 0.3 is 5.97 Å². The van der Waals surface area contributed by atoms with Gasteiger partial charge in [0, 0.05) is 6.20 Å². The lowest BCUT2D eigenvalue weighted by Crippen LogP contribution is -2.32. The zero-order valence-corrected chi connectivity index (χ0v) is 9.15. The van der Waals surface area contributed by atoms with E-state index >= 15 is 0 Å². The zero-order chi connectivity index (χ0) is 11.5. The van der Waals surface area contributed by atoms with Crippen molar-refractivity contribution in [2.75, 3.05) is 12.3 Å². The average Bonchev–Trinajstić information content (AvgIpc) is 2.18. The fraction of sp³-hybridized carbons (Fsp3) is 0.500. The summed E-state index contributed by atoms with van der Waals surface area (Å²) in [5.41, 5.74) is 5.22. The van der Waals surface area contributed by atoms with E-state index in [1.54, 1.807) is 26.8 Å². The summed E-state index contributed by atoms with van der Waals surface area (Å²) in [7, 11) is 0. The van der Waals surface area contributed by atoms with Gasteiger partial charge in [0.2, 0.25) is 5.95 Å². The Morgan fingerprint density at radius 3 is 2.80 bits per heavy atom. The normalized spacial score (nSPS) is 11.1. The molecule has 5 nitrogen and oxygen atoms in total. The van der Waals surface area contributed by atoms with Gasteiger partial charge in [-0.25, -0.2) is 9.97 Å². The molecule has 0 aromatic carbocycles. The van der Waals surface area contributed by atoms with Gasteiger partial charge in [-0.3, -0.25) is 4.79 Å². The van der Waals surface area contributed by atoms with E-state index in [2.05, 4.69) is 9.97 Å². The number of aromatic nitrogens is 2. The highest BCUT2D eigenvalue weighted by Crippen LogP contribution is 2.22. The van der Waals surface area contributed by atoms with Gasteiger partial charge in [0.1, 0.15) is 5.41 Å². The summed E-state index contributed by atoms with van der Waals surface area (Å²) < 4.78 is 4.96. The molecule has 82 valence electrons. The number of carbonyl (C=O) groups excluding carboxylic acids is 1. The van der Waals surface area contributed by atoms with Gasteiger partial charge in [0.25, 0.3) is 0 Å². The molecular formula is C10H15N3O2. The lowest BCUT2D eigenvalue weighted by molar-refractivity contribution is -0.148.